The summed E-state index contributed by atoms with van der Waals surface area (Å²) in [4.78, 5) is 21.7. The monoisotopic (exact) mass is 413 g/mol. The molecule has 28 heavy (non-hydrogen) atoms. The van der Waals surface area contributed by atoms with Crippen LogP contribution in [0.5, 0.6) is 11.6 Å². The van der Waals surface area contributed by atoms with Gasteiger partial charge in [0, 0.05) is 34.4 Å². The highest BCUT2D eigenvalue weighted by atomic mass is 35.5. The zero-order valence-electron chi connectivity index (χ0n) is 15.4. The first-order valence-electron chi connectivity index (χ1n) is 8.96. The summed E-state index contributed by atoms with van der Waals surface area (Å²) >= 11 is 7.37. The van der Waals surface area contributed by atoms with E-state index in [4.69, 9.17) is 16.3 Å². The van der Waals surface area contributed by atoms with E-state index in [1.54, 1.807) is 36.7 Å². The van der Waals surface area contributed by atoms with Gasteiger partial charge in [0.15, 0.2) is 5.03 Å². The number of rotatable bonds is 8. The third-order valence-electron chi connectivity index (χ3n) is 3.81. The highest BCUT2D eigenvalue weighted by Crippen LogP contribution is 2.34. The van der Waals surface area contributed by atoms with E-state index < -0.39 is 0 Å². The normalized spacial score (nSPS) is 10.5. The lowest BCUT2D eigenvalue weighted by Crippen LogP contribution is -2.24. The molecule has 144 valence electrons. The largest absolute Gasteiger partial charge is 0.437 e. The Morgan fingerprint density at radius 2 is 1.79 bits per heavy atom. The van der Waals surface area contributed by atoms with E-state index in [1.165, 1.54) is 11.8 Å². The topological polar surface area (TPSA) is 64.1 Å². The summed E-state index contributed by atoms with van der Waals surface area (Å²) in [5, 5.41) is 4.22. The van der Waals surface area contributed by atoms with E-state index in [0.29, 0.717) is 33.8 Å². The molecule has 1 N–H and O–H groups in total. The van der Waals surface area contributed by atoms with Gasteiger partial charge in [-0.05, 0) is 55.0 Å². The summed E-state index contributed by atoms with van der Waals surface area (Å²) in [5.74, 6) is 0.907. The average Bonchev–Trinajstić information content (AvgIpc) is 2.72. The summed E-state index contributed by atoms with van der Waals surface area (Å²) in [6, 6.07) is 14.4. The van der Waals surface area contributed by atoms with Crippen LogP contribution in [0.3, 0.4) is 0 Å². The van der Waals surface area contributed by atoms with Crippen molar-refractivity contribution in [3.63, 3.8) is 0 Å². The van der Waals surface area contributed by atoms with Crippen molar-refractivity contribution < 1.29 is 9.53 Å². The van der Waals surface area contributed by atoms with Gasteiger partial charge >= 0.3 is 0 Å². The van der Waals surface area contributed by atoms with Gasteiger partial charge in [-0.3, -0.25) is 4.79 Å². The predicted molar refractivity (Wildman–Crippen MR) is 111 cm³/mol. The predicted octanol–water partition coefficient (Wildman–Crippen LogP) is 5.60. The maximum Gasteiger partial charge on any atom is 0.252 e. The highest BCUT2D eigenvalue weighted by Gasteiger charge is 2.11. The number of nitrogens with zero attached hydrogens (tertiary/aromatic N) is 2. The number of amides is 1. The lowest BCUT2D eigenvalue weighted by molar-refractivity contribution is 0.0953. The van der Waals surface area contributed by atoms with Crippen LogP contribution in [0.2, 0.25) is 5.02 Å². The molecule has 0 radical (unpaired) electrons. The van der Waals surface area contributed by atoms with Crippen molar-refractivity contribution in [2.45, 2.75) is 29.7 Å². The Balaban J connectivity index is 1.68. The number of aromatic nitrogens is 2. The molecule has 0 bridgehead atoms. The van der Waals surface area contributed by atoms with Crippen LogP contribution in [0.1, 0.15) is 30.1 Å². The zero-order valence-corrected chi connectivity index (χ0v) is 17.0. The van der Waals surface area contributed by atoms with Crippen LogP contribution in [0.25, 0.3) is 0 Å². The van der Waals surface area contributed by atoms with Crippen molar-refractivity contribution in [1.82, 2.24) is 15.3 Å². The number of hydrogen-bond donors (Lipinski definition) is 1. The number of unbranched alkanes of at least 4 members (excludes halogenated alkanes) is 1. The van der Waals surface area contributed by atoms with E-state index in [-0.39, 0.29) is 5.91 Å². The van der Waals surface area contributed by atoms with Crippen LogP contribution in [0, 0.1) is 0 Å². The minimum atomic E-state index is -0.0847. The number of benzene rings is 2. The smallest absolute Gasteiger partial charge is 0.252 e. The minimum Gasteiger partial charge on any atom is -0.437 e. The molecule has 0 aliphatic rings. The zero-order chi connectivity index (χ0) is 19.8. The number of ether oxygens (including phenoxy) is 1. The molecule has 0 saturated heterocycles. The highest BCUT2D eigenvalue weighted by molar-refractivity contribution is 7.99. The maximum atomic E-state index is 12.1. The van der Waals surface area contributed by atoms with Gasteiger partial charge in [0.1, 0.15) is 5.75 Å². The van der Waals surface area contributed by atoms with Crippen molar-refractivity contribution >= 4 is 29.3 Å². The first-order valence-corrected chi connectivity index (χ1v) is 10.2. The van der Waals surface area contributed by atoms with Gasteiger partial charge in [0.25, 0.3) is 11.8 Å². The Morgan fingerprint density at radius 3 is 2.50 bits per heavy atom. The van der Waals surface area contributed by atoms with Crippen molar-refractivity contribution in [2.24, 2.45) is 0 Å². The molecule has 0 atom stereocenters. The van der Waals surface area contributed by atoms with Crippen LogP contribution in [-0.4, -0.2) is 22.4 Å². The molecule has 1 heterocycles. The van der Waals surface area contributed by atoms with Crippen LogP contribution in [-0.2, 0) is 0 Å². The van der Waals surface area contributed by atoms with E-state index in [2.05, 4.69) is 22.2 Å². The molecule has 0 fully saturated rings. The summed E-state index contributed by atoms with van der Waals surface area (Å²) in [6.07, 6.45) is 5.21. The lowest BCUT2D eigenvalue weighted by Gasteiger charge is -2.09. The van der Waals surface area contributed by atoms with E-state index in [9.17, 15) is 4.79 Å². The lowest BCUT2D eigenvalue weighted by atomic mass is 10.2. The summed E-state index contributed by atoms with van der Waals surface area (Å²) < 4.78 is 5.89. The fraction of sp³-hybridized carbons (Fsp3) is 0.190. The summed E-state index contributed by atoms with van der Waals surface area (Å²) in [7, 11) is 0. The van der Waals surface area contributed by atoms with Crippen LogP contribution >= 0.6 is 23.4 Å². The van der Waals surface area contributed by atoms with E-state index in [1.807, 2.05) is 24.3 Å². The number of carbonyl (C=O) groups is 1. The van der Waals surface area contributed by atoms with Gasteiger partial charge in [-0.1, -0.05) is 36.7 Å². The van der Waals surface area contributed by atoms with E-state index in [0.717, 1.165) is 17.7 Å². The number of carbonyl (C=O) groups excluding carboxylic acids is 1. The Morgan fingerprint density at radius 1 is 1.07 bits per heavy atom. The van der Waals surface area contributed by atoms with E-state index >= 15 is 0 Å². The van der Waals surface area contributed by atoms with Crippen molar-refractivity contribution in [2.75, 3.05) is 6.54 Å². The number of hydrogen-bond acceptors (Lipinski definition) is 5. The molecule has 5 nitrogen and oxygen atoms in total. The Kier molecular flexibility index (Phi) is 7.28. The molecular formula is C21H20ClN3O2S. The van der Waals surface area contributed by atoms with Gasteiger partial charge in [-0.25, -0.2) is 9.97 Å². The molecule has 3 aromatic rings. The maximum absolute atomic E-state index is 12.1. The van der Waals surface area contributed by atoms with Crippen LogP contribution < -0.4 is 10.1 Å². The molecule has 7 heteroatoms. The molecule has 2 aromatic carbocycles. The van der Waals surface area contributed by atoms with Crippen LogP contribution in [0.4, 0.5) is 0 Å². The molecular weight excluding hydrogens is 394 g/mol. The molecule has 1 aromatic heterocycles. The molecule has 0 aliphatic carbocycles. The van der Waals surface area contributed by atoms with Gasteiger partial charge in [0.05, 0.1) is 0 Å². The third-order valence-corrected chi connectivity index (χ3v) is 5.04. The molecule has 0 saturated carbocycles. The summed E-state index contributed by atoms with van der Waals surface area (Å²) in [5.41, 5.74) is 0.596. The fourth-order valence-corrected chi connectivity index (χ4v) is 3.25. The Labute approximate surface area is 173 Å². The second-order valence-electron chi connectivity index (χ2n) is 5.96. The summed E-state index contributed by atoms with van der Waals surface area (Å²) in [6.45, 7) is 2.77. The second-order valence-corrected chi connectivity index (χ2v) is 7.46. The van der Waals surface area contributed by atoms with Crippen molar-refractivity contribution in [3.8, 4) is 11.6 Å². The standard InChI is InChI=1S/C21H20ClN3O2S/c1-2-3-12-23-19(26)15-4-8-17(9-5-15)27-20-21(25-14-13-24-20)28-18-10-6-16(22)7-11-18/h4-11,13-14H,2-3,12H2,1H3,(H,23,26). The first kappa shape index (κ1) is 20.2. The van der Waals surface area contributed by atoms with Crippen molar-refractivity contribution in [3.05, 3.63) is 71.5 Å². The molecule has 0 aliphatic heterocycles. The van der Waals surface area contributed by atoms with Gasteiger partial charge in [-0.2, -0.15) is 0 Å². The van der Waals surface area contributed by atoms with Gasteiger partial charge in [0.2, 0.25) is 0 Å². The SMILES string of the molecule is CCCCNC(=O)c1ccc(Oc2nccnc2Sc2ccc(Cl)cc2)cc1. The molecule has 3 rings (SSSR count). The first-order chi connectivity index (χ1) is 13.7. The fourth-order valence-electron chi connectivity index (χ4n) is 2.33. The quantitative estimate of drug-likeness (QED) is 0.486. The average molecular weight is 414 g/mol. The second kappa shape index (κ2) is 10.1. The molecule has 0 spiro atoms. The number of halogens is 1. The van der Waals surface area contributed by atoms with Crippen LogP contribution in [0.15, 0.2) is 70.8 Å². The minimum absolute atomic E-state index is 0.0847. The Hall–Kier alpha value is -2.57. The van der Waals surface area contributed by atoms with Crippen molar-refractivity contribution in [1.29, 1.82) is 0 Å². The third kappa shape index (κ3) is 5.71. The van der Waals surface area contributed by atoms with Gasteiger partial charge < -0.3 is 10.1 Å². The number of nitrogens with one attached hydrogen (secondary N) is 1. The molecule has 0 unspecified atom stereocenters. The van der Waals surface area contributed by atoms with Gasteiger partial charge in [-0.15, -0.1) is 0 Å². The Bertz CT molecular complexity index is 918. The molecule has 1 amide bonds.